The molecule has 18 heteroatoms. The Labute approximate surface area is 324 Å². The lowest BCUT2D eigenvalue weighted by atomic mass is 9.90. The van der Waals surface area contributed by atoms with E-state index in [9.17, 15) is 45.7 Å². The lowest BCUT2D eigenvalue weighted by Crippen LogP contribution is -2.34. The molecule has 0 atom stereocenters. The van der Waals surface area contributed by atoms with Crippen molar-refractivity contribution in [1.29, 1.82) is 5.41 Å². The SMILES string of the molecule is C.CCCCCCCN(CCCCCC(=O)ON1C(=O)CCC1=O)S(=O)(=O)c1c(N)ccc2c(-c3ccccc3C(=O)[O-])c3ccc(=N)c(S(=O)(=O)[O-])c-3oc12. The first-order valence-corrected chi connectivity index (χ1v) is 20.6. The minimum absolute atomic E-state index is 0. The number of nitrogens with two attached hydrogens (primary N) is 1. The second kappa shape index (κ2) is 18.2. The lowest BCUT2D eigenvalue weighted by Gasteiger charge is -2.25. The van der Waals surface area contributed by atoms with Gasteiger partial charge in [-0.15, -0.1) is 5.06 Å². The molecule has 0 radical (unpaired) electrons. The molecule has 0 unspecified atom stereocenters. The van der Waals surface area contributed by atoms with E-state index < -0.39 is 70.4 Å². The van der Waals surface area contributed by atoms with E-state index in [2.05, 4.69) is 0 Å². The Morgan fingerprint density at radius 2 is 1.50 bits per heavy atom. The standard InChI is InChI=1S/C37H42N4O12S2.CH4/c1-2-3-4-5-10-21-40(22-11-6-7-14-31(44)53-41-29(42)19-20-30(41)43)54(47,48)35-27(38)17-15-25-32(23-12-8-9-13-24(23)37(45)46)26-16-18-28(39)36(55(49,50)51)34(26)52-33(25)35;/h8-9,12-13,15-18,39H,2-7,10-11,14,19-22,38H2,1H3,(H,45,46)(H,49,50,51);1H4/p-2. The van der Waals surface area contributed by atoms with Crippen LogP contribution in [0.15, 0.2) is 62.7 Å². The van der Waals surface area contributed by atoms with E-state index >= 15 is 0 Å². The van der Waals surface area contributed by atoms with E-state index in [0.29, 0.717) is 24.3 Å². The number of carboxylic acids is 1. The van der Waals surface area contributed by atoms with E-state index in [0.717, 1.165) is 25.3 Å². The number of hydrogen-bond donors (Lipinski definition) is 2. The van der Waals surface area contributed by atoms with Crippen LogP contribution >= 0.6 is 0 Å². The van der Waals surface area contributed by atoms with Crippen LogP contribution in [0.25, 0.3) is 33.4 Å². The predicted octanol–water partition coefficient (Wildman–Crippen LogP) is 4.30. The minimum atomic E-state index is -5.40. The quantitative estimate of drug-likeness (QED) is 0.0467. The van der Waals surface area contributed by atoms with Gasteiger partial charge in [-0.2, -0.15) is 4.31 Å². The van der Waals surface area contributed by atoms with Crippen molar-refractivity contribution in [2.45, 2.75) is 94.8 Å². The van der Waals surface area contributed by atoms with Gasteiger partial charge in [0.1, 0.15) is 19.9 Å². The van der Waals surface area contributed by atoms with Gasteiger partial charge in [-0.25, -0.2) is 21.6 Å². The lowest BCUT2D eigenvalue weighted by molar-refractivity contribution is -0.255. The van der Waals surface area contributed by atoms with Crippen molar-refractivity contribution < 1.29 is 54.9 Å². The Bertz CT molecular complexity index is 2380. The highest BCUT2D eigenvalue weighted by Crippen LogP contribution is 2.46. The largest absolute Gasteiger partial charge is 0.744 e. The Kier molecular flexibility index (Phi) is 14.1. The zero-order chi connectivity index (χ0) is 40.1. The number of anilines is 1. The highest BCUT2D eigenvalue weighted by atomic mass is 32.2. The van der Waals surface area contributed by atoms with Crippen LogP contribution in [0.1, 0.15) is 95.3 Å². The average Bonchev–Trinajstić information content (AvgIpc) is 3.43. The van der Waals surface area contributed by atoms with Crippen molar-refractivity contribution in [2.24, 2.45) is 0 Å². The van der Waals surface area contributed by atoms with E-state index in [1.807, 2.05) is 6.92 Å². The number of carboxylic acid groups (broad SMARTS) is 1. The summed E-state index contributed by atoms with van der Waals surface area (Å²) in [6, 6.07) is 10.6. The summed E-state index contributed by atoms with van der Waals surface area (Å²) < 4.78 is 74.4. The number of hydrogen-bond acceptors (Lipinski definition) is 14. The maximum absolute atomic E-state index is 14.7. The first-order valence-electron chi connectivity index (χ1n) is 17.8. The number of unbranched alkanes of at least 4 members (excludes halogenated alkanes) is 6. The molecule has 1 fully saturated rings. The summed E-state index contributed by atoms with van der Waals surface area (Å²) in [5.74, 6) is -4.24. The van der Waals surface area contributed by atoms with Gasteiger partial charge >= 0.3 is 5.97 Å². The maximum Gasteiger partial charge on any atom is 0.333 e. The number of sulfonamides is 1. The Morgan fingerprint density at radius 1 is 0.875 bits per heavy atom. The second-order valence-corrected chi connectivity index (χ2v) is 16.3. The fraction of sp³-hybridized carbons (Fsp3) is 0.395. The third-order valence-corrected chi connectivity index (χ3v) is 12.1. The van der Waals surface area contributed by atoms with Gasteiger partial charge in [0.05, 0.1) is 17.0 Å². The number of nitrogen functional groups attached to an aromatic ring is 1. The molecule has 16 nitrogen and oxygen atoms in total. The smallest absolute Gasteiger partial charge is 0.333 e. The molecule has 2 amide bonds. The van der Waals surface area contributed by atoms with Crippen LogP contribution in [0.2, 0.25) is 0 Å². The van der Waals surface area contributed by atoms with Gasteiger partial charge in [0, 0.05) is 54.4 Å². The molecule has 2 aliphatic heterocycles. The van der Waals surface area contributed by atoms with Crippen LogP contribution in [0.3, 0.4) is 0 Å². The monoisotopic (exact) mass is 812 g/mol. The number of carbonyl (C=O) groups excluding carboxylic acids is 4. The third-order valence-electron chi connectivity index (χ3n) is 9.26. The summed E-state index contributed by atoms with van der Waals surface area (Å²) in [7, 11) is -10.0. The summed E-state index contributed by atoms with van der Waals surface area (Å²) in [5.41, 5.74) is 5.23. The zero-order valence-electron chi connectivity index (χ0n) is 30.0. The molecule has 1 aliphatic carbocycles. The number of aromatic carboxylic acids is 1. The van der Waals surface area contributed by atoms with E-state index in [4.69, 9.17) is 20.4 Å². The number of fused-ring (bicyclic) bond motifs is 2. The summed E-state index contributed by atoms with van der Waals surface area (Å²) >= 11 is 0. The van der Waals surface area contributed by atoms with Crippen molar-refractivity contribution >= 4 is 60.6 Å². The number of benzene rings is 3. The molecule has 2 heterocycles. The molecular weight excluding hydrogens is 769 g/mol. The zero-order valence-corrected chi connectivity index (χ0v) is 31.6. The molecule has 0 bridgehead atoms. The van der Waals surface area contributed by atoms with Crippen molar-refractivity contribution in [3.63, 3.8) is 0 Å². The number of amides is 2. The molecule has 2 aromatic rings. The first-order chi connectivity index (χ1) is 26.1. The number of hydroxylamine groups is 2. The van der Waals surface area contributed by atoms with Gasteiger partial charge in [0.2, 0.25) is 10.0 Å². The fourth-order valence-corrected chi connectivity index (χ4v) is 9.05. The molecular formula is C38H44N4O12S2-2. The fourth-order valence-electron chi connectivity index (χ4n) is 6.58. The van der Waals surface area contributed by atoms with E-state index in [1.54, 1.807) is 0 Å². The summed E-state index contributed by atoms with van der Waals surface area (Å²) in [6.45, 7) is 2.04. The molecule has 0 aromatic heterocycles. The first kappa shape index (κ1) is 43.6. The normalized spacial score (nSPS) is 13.4. The van der Waals surface area contributed by atoms with Crippen LogP contribution in [0, 0.1) is 5.41 Å². The number of carbonyl (C=O) groups is 4. The third kappa shape index (κ3) is 9.26. The van der Waals surface area contributed by atoms with Gasteiger partial charge < -0.3 is 29.4 Å². The van der Waals surface area contributed by atoms with Gasteiger partial charge in [-0.1, -0.05) is 70.7 Å². The van der Waals surface area contributed by atoms with Crippen molar-refractivity contribution in [3.8, 4) is 22.5 Å². The number of rotatable bonds is 18. The maximum atomic E-state index is 14.7. The minimum Gasteiger partial charge on any atom is -0.744 e. The Morgan fingerprint density at radius 3 is 2.12 bits per heavy atom. The van der Waals surface area contributed by atoms with Gasteiger partial charge in [-0.05, 0) is 49.1 Å². The van der Waals surface area contributed by atoms with Crippen LogP contribution < -0.4 is 16.2 Å². The van der Waals surface area contributed by atoms with Crippen LogP contribution in [-0.4, -0.2) is 67.6 Å². The van der Waals surface area contributed by atoms with Gasteiger partial charge in [0.15, 0.2) is 11.3 Å². The van der Waals surface area contributed by atoms with Crippen LogP contribution in [0.4, 0.5) is 5.69 Å². The number of imide groups is 1. The molecule has 5 rings (SSSR count). The van der Waals surface area contributed by atoms with E-state index in [1.165, 1.54) is 46.8 Å². The van der Waals surface area contributed by atoms with Crippen LogP contribution in [0.5, 0.6) is 0 Å². The molecule has 302 valence electrons. The van der Waals surface area contributed by atoms with Crippen molar-refractivity contribution in [1.82, 2.24) is 9.37 Å². The molecule has 56 heavy (non-hydrogen) atoms. The Balaban J connectivity index is 0.00000696. The number of nitrogens with one attached hydrogen (secondary N) is 1. The summed E-state index contributed by atoms with van der Waals surface area (Å²) in [5, 5.41) is 20.3. The Hall–Kier alpha value is -5.17. The van der Waals surface area contributed by atoms with Gasteiger partial charge in [-0.3, -0.25) is 15.0 Å². The van der Waals surface area contributed by atoms with Crippen molar-refractivity contribution in [3.05, 3.63) is 59.5 Å². The highest BCUT2D eigenvalue weighted by molar-refractivity contribution is 7.89. The number of nitrogens with zero attached hydrogens (tertiary/aromatic N) is 2. The molecule has 1 saturated heterocycles. The molecule has 3 aliphatic rings. The molecule has 0 spiro atoms. The summed E-state index contributed by atoms with van der Waals surface area (Å²) in [6.07, 6.45) is 4.57. The van der Waals surface area contributed by atoms with E-state index in [-0.39, 0.29) is 85.9 Å². The average molecular weight is 813 g/mol. The van der Waals surface area contributed by atoms with Gasteiger partial charge in [0.25, 0.3) is 11.8 Å². The van der Waals surface area contributed by atoms with Crippen molar-refractivity contribution in [2.75, 3.05) is 18.8 Å². The topological polar surface area (TPSA) is 261 Å². The predicted molar refractivity (Wildman–Crippen MR) is 201 cm³/mol. The van der Waals surface area contributed by atoms with Crippen LogP contribution in [-0.2, 0) is 39.4 Å². The molecule has 3 N–H and O–H groups in total. The molecule has 2 aromatic carbocycles. The molecule has 0 saturated carbocycles. The summed E-state index contributed by atoms with van der Waals surface area (Å²) in [4.78, 5) is 51.4. The highest BCUT2D eigenvalue weighted by Gasteiger charge is 2.34. The second-order valence-electron chi connectivity index (χ2n) is 13.1.